The number of carbonyl (C=O) groups is 1. The highest BCUT2D eigenvalue weighted by molar-refractivity contribution is 6.27. The number of H-pyrrole nitrogens is 1. The van der Waals surface area contributed by atoms with Crippen LogP contribution < -0.4 is 15.7 Å². The topological polar surface area (TPSA) is 82.0 Å². The van der Waals surface area contributed by atoms with Gasteiger partial charge in [0, 0.05) is 0 Å². The Hall–Kier alpha value is -1.92. The van der Waals surface area contributed by atoms with Crippen molar-refractivity contribution in [1.29, 1.82) is 0 Å². The maximum atomic E-state index is 10.8. The van der Waals surface area contributed by atoms with Gasteiger partial charge in [0.05, 0.1) is 0 Å². The molecule has 1 aliphatic rings. The van der Waals surface area contributed by atoms with Crippen molar-refractivity contribution in [3.8, 4) is 0 Å². The normalized spacial score (nSPS) is 15.4. The summed E-state index contributed by atoms with van der Waals surface area (Å²) in [6, 6.07) is 0. The van der Waals surface area contributed by atoms with Crippen molar-refractivity contribution in [2.45, 2.75) is 6.54 Å². The number of carbonyl (C=O) groups excluding carboxylic acids is 1. The Morgan fingerprint density at radius 1 is 1.43 bits per heavy atom. The lowest BCUT2D eigenvalue weighted by molar-refractivity contribution is -0.783. The molecule has 14 heavy (non-hydrogen) atoms. The van der Waals surface area contributed by atoms with E-state index in [2.05, 4.69) is 15.2 Å². The number of hydrazone groups is 1. The lowest BCUT2D eigenvalue weighted by Gasteiger charge is -1.91. The second-order valence-corrected chi connectivity index (χ2v) is 2.96. The van der Waals surface area contributed by atoms with E-state index in [-0.39, 0.29) is 5.78 Å². The highest BCUT2D eigenvalue weighted by atomic mass is 16.5. The predicted octanol–water partition coefficient (Wildman–Crippen LogP) is -2.57. The average Bonchev–Trinajstić information content (AvgIpc) is 2.72. The molecule has 74 valence electrons. The summed E-state index contributed by atoms with van der Waals surface area (Å²) in [5, 5.41) is 2.42. The van der Waals surface area contributed by atoms with Crippen molar-refractivity contribution in [2.75, 3.05) is 13.1 Å². The molecule has 2 heterocycles. The van der Waals surface area contributed by atoms with Crippen LogP contribution >= 0.6 is 0 Å². The predicted molar refractivity (Wildman–Crippen MR) is 43.7 cm³/mol. The fourth-order valence-corrected chi connectivity index (χ4v) is 1.20. The molecule has 0 bridgehead atoms. The van der Waals surface area contributed by atoms with Crippen LogP contribution in [0.1, 0.15) is 0 Å². The summed E-state index contributed by atoms with van der Waals surface area (Å²) in [4.78, 5) is 21.5. The number of hydrogen-bond donors (Lipinski definition) is 2. The Morgan fingerprint density at radius 2 is 2.29 bits per heavy atom. The maximum Gasteiger partial charge on any atom is 0.426 e. The second kappa shape index (κ2) is 3.44. The molecular formula is C7H10N4O3+2. The Bertz CT molecular complexity index is 430. The van der Waals surface area contributed by atoms with Gasteiger partial charge in [0.25, 0.3) is 6.20 Å². The molecule has 1 aromatic heterocycles. The zero-order chi connectivity index (χ0) is 9.97. The zero-order valence-electron chi connectivity index (χ0n) is 7.40. The molecule has 7 heteroatoms. The van der Waals surface area contributed by atoms with Crippen molar-refractivity contribution >= 4 is 12.0 Å². The van der Waals surface area contributed by atoms with Crippen LogP contribution in [-0.4, -0.2) is 35.0 Å². The molecule has 1 aliphatic heterocycles. The lowest BCUT2D eigenvalue weighted by atomic mass is 10.5. The van der Waals surface area contributed by atoms with Crippen LogP contribution in [0.3, 0.4) is 0 Å². The number of hydrogen-bond acceptors (Lipinski definition) is 4. The van der Waals surface area contributed by atoms with Crippen LogP contribution in [0.5, 0.6) is 0 Å². The molecule has 0 unspecified atom stereocenters. The largest absolute Gasteiger partial charge is 0.426 e. The summed E-state index contributed by atoms with van der Waals surface area (Å²) in [6.07, 6.45) is 2.82. The minimum Gasteiger partial charge on any atom is -0.286 e. The first-order valence-electron chi connectivity index (χ1n) is 4.20. The molecule has 0 amide bonds. The number of aromatic amines is 1. The van der Waals surface area contributed by atoms with Crippen molar-refractivity contribution in [3.63, 3.8) is 0 Å². The monoisotopic (exact) mass is 198 g/mol. The van der Waals surface area contributed by atoms with Gasteiger partial charge in [-0.2, -0.15) is 5.43 Å². The van der Waals surface area contributed by atoms with E-state index < -0.39 is 5.63 Å². The summed E-state index contributed by atoms with van der Waals surface area (Å²) in [7, 11) is 0. The van der Waals surface area contributed by atoms with Crippen LogP contribution in [-0.2, 0) is 11.3 Å². The SMILES string of the molecule is O=C1C=[N+](CC[n+]2cc(=O)o[nH]2)NC1. The van der Waals surface area contributed by atoms with E-state index in [0.717, 1.165) is 0 Å². The van der Waals surface area contributed by atoms with Gasteiger partial charge in [-0.05, 0) is 5.27 Å². The fraction of sp³-hybridized carbons (Fsp3) is 0.429. The molecule has 0 saturated heterocycles. The van der Waals surface area contributed by atoms with Gasteiger partial charge >= 0.3 is 5.63 Å². The molecular weight excluding hydrogens is 188 g/mol. The van der Waals surface area contributed by atoms with Crippen LogP contribution in [0, 0.1) is 0 Å². The van der Waals surface area contributed by atoms with Crippen molar-refractivity contribution in [3.05, 3.63) is 16.6 Å². The Balaban J connectivity index is 1.92. The van der Waals surface area contributed by atoms with Gasteiger partial charge in [-0.25, -0.2) is 4.79 Å². The van der Waals surface area contributed by atoms with Gasteiger partial charge in [0.15, 0.2) is 0 Å². The summed E-state index contributed by atoms with van der Waals surface area (Å²) >= 11 is 0. The number of ketones is 1. The Kier molecular flexibility index (Phi) is 2.13. The molecule has 7 nitrogen and oxygen atoms in total. The first-order chi connectivity index (χ1) is 6.74. The maximum absolute atomic E-state index is 10.8. The second-order valence-electron chi connectivity index (χ2n) is 2.96. The standard InChI is InChI=1S/C7H8N4O3/c12-6-3-8-10(4-6)1-2-11-5-7(13)14-9-11/h4-5H,1-3H2/p+2. The molecule has 0 fully saturated rings. The lowest BCUT2D eigenvalue weighted by Crippen LogP contribution is -2.41. The van der Waals surface area contributed by atoms with E-state index in [1.165, 1.54) is 17.1 Å². The number of aromatic nitrogens is 2. The van der Waals surface area contributed by atoms with E-state index in [4.69, 9.17) is 0 Å². The van der Waals surface area contributed by atoms with Crippen LogP contribution in [0.4, 0.5) is 0 Å². The summed E-state index contributed by atoms with van der Waals surface area (Å²) < 4.78 is 7.66. The highest BCUT2D eigenvalue weighted by Gasteiger charge is 2.20. The van der Waals surface area contributed by atoms with E-state index in [1.807, 2.05) is 0 Å². The quantitative estimate of drug-likeness (QED) is 0.523. The Morgan fingerprint density at radius 3 is 2.86 bits per heavy atom. The third-order valence-corrected chi connectivity index (χ3v) is 1.86. The Labute approximate surface area is 78.6 Å². The van der Waals surface area contributed by atoms with E-state index >= 15 is 0 Å². The van der Waals surface area contributed by atoms with E-state index in [0.29, 0.717) is 19.6 Å². The molecule has 0 radical (unpaired) electrons. The van der Waals surface area contributed by atoms with Gasteiger partial charge in [0.1, 0.15) is 6.54 Å². The van der Waals surface area contributed by atoms with Crippen molar-refractivity contribution in [1.82, 2.24) is 10.7 Å². The van der Waals surface area contributed by atoms with Gasteiger partial charge in [-0.1, -0.05) is 4.68 Å². The van der Waals surface area contributed by atoms with Gasteiger partial charge in [-0.3, -0.25) is 9.32 Å². The molecule has 0 atom stereocenters. The van der Waals surface area contributed by atoms with Crippen molar-refractivity contribution < 1.29 is 18.7 Å². The molecule has 0 spiro atoms. The molecule has 1 aromatic rings. The van der Waals surface area contributed by atoms with E-state index in [1.54, 1.807) is 4.68 Å². The molecule has 0 aliphatic carbocycles. The van der Waals surface area contributed by atoms with Crippen molar-refractivity contribution in [2.24, 2.45) is 0 Å². The van der Waals surface area contributed by atoms with Crippen LogP contribution in [0.15, 0.2) is 15.5 Å². The summed E-state index contributed by atoms with van der Waals surface area (Å²) in [5.74, 6) is 0.0516. The number of hydrazine groups is 1. The van der Waals surface area contributed by atoms with E-state index in [9.17, 15) is 9.59 Å². The third-order valence-electron chi connectivity index (χ3n) is 1.86. The first-order valence-corrected chi connectivity index (χ1v) is 4.20. The summed E-state index contributed by atoms with van der Waals surface area (Å²) in [6.45, 7) is 1.47. The molecule has 2 rings (SSSR count). The van der Waals surface area contributed by atoms with Crippen LogP contribution in [0.2, 0.25) is 0 Å². The van der Waals surface area contributed by atoms with Gasteiger partial charge in [0.2, 0.25) is 25.1 Å². The first kappa shape index (κ1) is 8.67. The zero-order valence-corrected chi connectivity index (χ0v) is 7.40. The average molecular weight is 198 g/mol. The molecule has 0 saturated carbocycles. The minimum absolute atomic E-state index is 0.0516. The minimum atomic E-state index is -0.417. The number of nitrogens with zero attached hydrogens (tertiary/aromatic N) is 2. The van der Waals surface area contributed by atoms with Gasteiger partial charge < -0.3 is 0 Å². The summed E-state index contributed by atoms with van der Waals surface area (Å²) in [5.41, 5.74) is 2.46. The number of nitrogens with one attached hydrogen (secondary N) is 2. The smallest absolute Gasteiger partial charge is 0.286 e. The molecule has 2 N–H and O–H groups in total. The number of Topliss-reactive ketones (excluding diaryl/α,β-unsaturated/α-hetero) is 1. The third kappa shape index (κ3) is 1.87. The number of rotatable bonds is 3. The highest BCUT2D eigenvalue weighted by Crippen LogP contribution is 1.78. The van der Waals surface area contributed by atoms with Gasteiger partial charge in [-0.15, -0.1) is 4.68 Å². The fourth-order valence-electron chi connectivity index (χ4n) is 1.20. The van der Waals surface area contributed by atoms with Crippen LogP contribution in [0.25, 0.3) is 0 Å². The molecule has 0 aromatic carbocycles.